The van der Waals surface area contributed by atoms with Crippen molar-refractivity contribution >= 4 is 21.5 Å². The van der Waals surface area contributed by atoms with Crippen molar-refractivity contribution in [2.45, 2.75) is 0 Å². The normalized spacial score (nSPS) is 20.1. The summed E-state index contributed by atoms with van der Waals surface area (Å²) in [6.45, 7) is 0.901. The van der Waals surface area contributed by atoms with Gasteiger partial charge in [0.15, 0.2) is 9.84 Å². The Hall–Kier alpha value is -1.37. The molecule has 1 aromatic heterocycles. The van der Waals surface area contributed by atoms with Gasteiger partial charge in [-0.05, 0) is 0 Å². The Morgan fingerprint density at radius 2 is 1.73 bits per heavy atom. The van der Waals surface area contributed by atoms with Gasteiger partial charge in [0.2, 0.25) is 5.95 Å². The fraction of sp³-hybridized carbons (Fsp3) is 0.500. The molecule has 0 radical (unpaired) electrons. The lowest BCUT2D eigenvalue weighted by Gasteiger charge is -2.26. The van der Waals surface area contributed by atoms with Gasteiger partial charge < -0.3 is 10.6 Å². The standard InChI is InChI=1S/C8H12N4O2S/c9-7-5-10-8(11-6-7)12-1-3-15(13,14)4-2-12/h5-6H,1-4,9H2. The van der Waals surface area contributed by atoms with Gasteiger partial charge in [0.25, 0.3) is 0 Å². The third-order valence-electron chi connectivity index (χ3n) is 2.29. The van der Waals surface area contributed by atoms with E-state index in [1.165, 1.54) is 12.4 Å². The number of nitrogens with zero attached hydrogens (tertiary/aromatic N) is 3. The van der Waals surface area contributed by atoms with E-state index in [4.69, 9.17) is 5.73 Å². The molecule has 0 spiro atoms. The molecule has 0 amide bonds. The maximum Gasteiger partial charge on any atom is 0.225 e. The number of anilines is 2. The molecule has 1 aliphatic rings. The molecule has 0 aliphatic carbocycles. The first-order chi connectivity index (χ1) is 7.07. The van der Waals surface area contributed by atoms with Gasteiger partial charge in [-0.1, -0.05) is 0 Å². The molecule has 0 unspecified atom stereocenters. The van der Waals surface area contributed by atoms with Crippen molar-refractivity contribution in [2.75, 3.05) is 35.2 Å². The predicted molar refractivity (Wildman–Crippen MR) is 57.3 cm³/mol. The molecule has 15 heavy (non-hydrogen) atoms. The van der Waals surface area contributed by atoms with Crippen LogP contribution < -0.4 is 10.6 Å². The summed E-state index contributed by atoms with van der Waals surface area (Å²) >= 11 is 0. The Bertz CT molecular complexity index is 428. The number of hydrogen-bond donors (Lipinski definition) is 1. The van der Waals surface area contributed by atoms with Crippen LogP contribution in [0.1, 0.15) is 0 Å². The van der Waals surface area contributed by atoms with Crippen LogP contribution in [0.5, 0.6) is 0 Å². The molecule has 1 aromatic rings. The molecule has 0 atom stereocenters. The van der Waals surface area contributed by atoms with Crippen molar-refractivity contribution in [3.8, 4) is 0 Å². The Balaban J connectivity index is 2.11. The molecule has 1 aliphatic heterocycles. The quantitative estimate of drug-likeness (QED) is 0.683. The zero-order chi connectivity index (χ0) is 10.9. The minimum absolute atomic E-state index is 0.167. The first-order valence-electron chi connectivity index (χ1n) is 4.60. The summed E-state index contributed by atoms with van der Waals surface area (Å²) in [5.74, 6) is 0.876. The topological polar surface area (TPSA) is 89.2 Å². The second-order valence-corrected chi connectivity index (χ2v) is 5.76. The van der Waals surface area contributed by atoms with E-state index in [1.54, 1.807) is 0 Å². The van der Waals surface area contributed by atoms with Gasteiger partial charge in [-0.15, -0.1) is 0 Å². The first-order valence-corrected chi connectivity index (χ1v) is 6.42. The number of nitrogens with two attached hydrogens (primary N) is 1. The van der Waals surface area contributed by atoms with Gasteiger partial charge in [0, 0.05) is 13.1 Å². The van der Waals surface area contributed by atoms with Crippen LogP contribution in [0.3, 0.4) is 0 Å². The van der Waals surface area contributed by atoms with Crippen LogP contribution in [0.4, 0.5) is 11.6 Å². The van der Waals surface area contributed by atoms with E-state index >= 15 is 0 Å². The Morgan fingerprint density at radius 1 is 1.20 bits per heavy atom. The van der Waals surface area contributed by atoms with Crippen LogP contribution in [-0.2, 0) is 9.84 Å². The van der Waals surface area contributed by atoms with Crippen LogP contribution in [0, 0.1) is 0 Å². The highest BCUT2D eigenvalue weighted by atomic mass is 32.2. The molecule has 0 bridgehead atoms. The maximum atomic E-state index is 11.2. The summed E-state index contributed by atoms with van der Waals surface area (Å²) in [5.41, 5.74) is 5.96. The van der Waals surface area contributed by atoms with Crippen molar-refractivity contribution in [2.24, 2.45) is 0 Å². The predicted octanol–water partition coefficient (Wildman–Crippen LogP) is -0.706. The summed E-state index contributed by atoms with van der Waals surface area (Å²) in [6, 6.07) is 0. The molecule has 6 nitrogen and oxygen atoms in total. The maximum absolute atomic E-state index is 11.2. The molecule has 0 aromatic carbocycles. The Labute approximate surface area is 88.0 Å². The van der Waals surface area contributed by atoms with Crippen molar-refractivity contribution in [1.29, 1.82) is 0 Å². The fourth-order valence-electron chi connectivity index (χ4n) is 1.41. The van der Waals surface area contributed by atoms with E-state index in [2.05, 4.69) is 9.97 Å². The molecular weight excluding hydrogens is 216 g/mol. The lowest BCUT2D eigenvalue weighted by molar-refractivity contribution is 0.585. The van der Waals surface area contributed by atoms with Crippen LogP contribution in [0.15, 0.2) is 12.4 Å². The van der Waals surface area contributed by atoms with E-state index in [0.717, 1.165) is 0 Å². The minimum Gasteiger partial charge on any atom is -0.396 e. The molecular formula is C8H12N4O2S. The van der Waals surface area contributed by atoms with Crippen molar-refractivity contribution in [3.05, 3.63) is 12.4 Å². The van der Waals surface area contributed by atoms with E-state index in [0.29, 0.717) is 24.7 Å². The number of hydrogen-bond acceptors (Lipinski definition) is 6. The SMILES string of the molecule is Nc1cnc(N2CCS(=O)(=O)CC2)nc1. The average Bonchev–Trinajstić information content (AvgIpc) is 2.20. The van der Waals surface area contributed by atoms with Gasteiger partial charge in [-0.3, -0.25) is 0 Å². The van der Waals surface area contributed by atoms with E-state index in [1.807, 2.05) is 4.90 Å². The van der Waals surface area contributed by atoms with Gasteiger partial charge in [-0.2, -0.15) is 0 Å². The van der Waals surface area contributed by atoms with Crippen LogP contribution in [0.2, 0.25) is 0 Å². The third-order valence-corrected chi connectivity index (χ3v) is 3.89. The van der Waals surface area contributed by atoms with Crippen LogP contribution in [-0.4, -0.2) is 43.0 Å². The monoisotopic (exact) mass is 228 g/mol. The number of aromatic nitrogens is 2. The van der Waals surface area contributed by atoms with Crippen LogP contribution >= 0.6 is 0 Å². The zero-order valence-electron chi connectivity index (χ0n) is 8.13. The van der Waals surface area contributed by atoms with Crippen molar-refractivity contribution < 1.29 is 8.42 Å². The lowest BCUT2D eigenvalue weighted by Crippen LogP contribution is -2.41. The number of nitrogen functional groups attached to an aromatic ring is 1. The smallest absolute Gasteiger partial charge is 0.225 e. The Kier molecular flexibility index (Phi) is 2.47. The molecule has 2 N–H and O–H groups in total. The van der Waals surface area contributed by atoms with Crippen molar-refractivity contribution in [1.82, 2.24) is 9.97 Å². The summed E-state index contributed by atoms with van der Waals surface area (Å²) in [4.78, 5) is 9.94. The largest absolute Gasteiger partial charge is 0.396 e. The molecule has 1 fully saturated rings. The zero-order valence-corrected chi connectivity index (χ0v) is 8.94. The highest BCUT2D eigenvalue weighted by molar-refractivity contribution is 7.91. The first kappa shape index (κ1) is 10.2. The lowest BCUT2D eigenvalue weighted by atomic mass is 10.5. The van der Waals surface area contributed by atoms with Gasteiger partial charge in [0.1, 0.15) is 0 Å². The highest BCUT2D eigenvalue weighted by Gasteiger charge is 2.22. The minimum atomic E-state index is -2.85. The summed E-state index contributed by atoms with van der Waals surface area (Å²) < 4.78 is 22.4. The summed E-state index contributed by atoms with van der Waals surface area (Å²) in [5, 5.41) is 0. The number of sulfone groups is 1. The molecule has 7 heteroatoms. The highest BCUT2D eigenvalue weighted by Crippen LogP contribution is 2.12. The van der Waals surface area contributed by atoms with Crippen molar-refractivity contribution in [3.63, 3.8) is 0 Å². The average molecular weight is 228 g/mol. The second-order valence-electron chi connectivity index (χ2n) is 3.46. The van der Waals surface area contributed by atoms with E-state index in [9.17, 15) is 8.42 Å². The summed E-state index contributed by atoms with van der Waals surface area (Å²) in [6.07, 6.45) is 3.04. The molecule has 2 rings (SSSR count). The summed E-state index contributed by atoms with van der Waals surface area (Å²) in [7, 11) is -2.85. The molecule has 2 heterocycles. The fourth-order valence-corrected chi connectivity index (χ4v) is 2.61. The van der Waals surface area contributed by atoms with Gasteiger partial charge in [0.05, 0.1) is 29.6 Å². The van der Waals surface area contributed by atoms with Gasteiger partial charge >= 0.3 is 0 Å². The van der Waals surface area contributed by atoms with E-state index < -0.39 is 9.84 Å². The third kappa shape index (κ3) is 2.35. The molecule has 1 saturated heterocycles. The number of rotatable bonds is 1. The molecule has 82 valence electrons. The van der Waals surface area contributed by atoms with E-state index in [-0.39, 0.29) is 11.5 Å². The van der Waals surface area contributed by atoms with Crippen LogP contribution in [0.25, 0.3) is 0 Å². The molecule has 0 saturated carbocycles. The second kappa shape index (κ2) is 3.65. The van der Waals surface area contributed by atoms with Gasteiger partial charge in [-0.25, -0.2) is 18.4 Å². The Morgan fingerprint density at radius 3 is 2.27 bits per heavy atom.